The normalized spacial score (nSPS) is 20.0. The molecule has 0 saturated carbocycles. The zero-order valence-corrected chi connectivity index (χ0v) is 14.0. The van der Waals surface area contributed by atoms with E-state index in [1.165, 1.54) is 11.8 Å². The Morgan fingerprint density at radius 2 is 1.85 bits per heavy atom. The highest BCUT2D eigenvalue weighted by molar-refractivity contribution is 5.33. The molecule has 0 spiro atoms. The van der Waals surface area contributed by atoms with E-state index in [2.05, 4.69) is 60.3 Å². The molecule has 0 aromatic heterocycles. The molecule has 0 aromatic rings. The SMILES string of the molecule is C=COCCOC1=C(C(C)(C)C)C=CCC1C(C)(C)C. The van der Waals surface area contributed by atoms with Crippen LogP contribution >= 0.6 is 0 Å². The maximum atomic E-state index is 6.12. The van der Waals surface area contributed by atoms with Gasteiger partial charge in [0.15, 0.2) is 0 Å². The average molecular weight is 278 g/mol. The van der Waals surface area contributed by atoms with Gasteiger partial charge in [0.1, 0.15) is 19.0 Å². The Labute approximate surface area is 124 Å². The highest BCUT2D eigenvalue weighted by atomic mass is 16.5. The molecule has 0 bridgehead atoms. The van der Waals surface area contributed by atoms with Gasteiger partial charge in [-0.1, -0.05) is 60.3 Å². The standard InChI is InChI=1S/C18H30O2/c1-8-19-12-13-20-16-14(17(2,3)4)10-9-11-15(16)18(5,6)7/h8-10,15H,1,11-13H2,2-7H3. The van der Waals surface area contributed by atoms with E-state index in [1.54, 1.807) is 0 Å². The van der Waals surface area contributed by atoms with Crippen LogP contribution in [-0.4, -0.2) is 13.2 Å². The number of hydrogen-bond acceptors (Lipinski definition) is 2. The molecule has 0 amide bonds. The maximum absolute atomic E-state index is 6.12. The van der Waals surface area contributed by atoms with Crippen molar-refractivity contribution in [3.63, 3.8) is 0 Å². The third-order valence-electron chi connectivity index (χ3n) is 3.67. The van der Waals surface area contributed by atoms with E-state index < -0.39 is 0 Å². The zero-order valence-electron chi connectivity index (χ0n) is 14.0. The van der Waals surface area contributed by atoms with Crippen molar-refractivity contribution in [3.8, 4) is 0 Å². The van der Waals surface area contributed by atoms with Gasteiger partial charge in [0.25, 0.3) is 0 Å². The summed E-state index contributed by atoms with van der Waals surface area (Å²) in [5.74, 6) is 1.56. The van der Waals surface area contributed by atoms with Gasteiger partial charge < -0.3 is 9.47 Å². The van der Waals surface area contributed by atoms with Gasteiger partial charge >= 0.3 is 0 Å². The molecule has 0 aliphatic heterocycles. The zero-order chi connectivity index (χ0) is 15.4. The second kappa shape index (κ2) is 6.51. The molecule has 0 aromatic carbocycles. The van der Waals surface area contributed by atoms with Crippen LogP contribution in [0.1, 0.15) is 48.0 Å². The van der Waals surface area contributed by atoms with Crippen LogP contribution in [0.3, 0.4) is 0 Å². The first-order chi connectivity index (χ1) is 9.18. The Morgan fingerprint density at radius 3 is 2.35 bits per heavy atom. The molecular formula is C18H30O2. The van der Waals surface area contributed by atoms with Gasteiger partial charge in [-0.3, -0.25) is 0 Å². The van der Waals surface area contributed by atoms with Gasteiger partial charge in [-0.2, -0.15) is 0 Å². The molecule has 0 radical (unpaired) electrons. The molecule has 0 heterocycles. The molecule has 1 aliphatic rings. The van der Waals surface area contributed by atoms with Gasteiger partial charge in [0.2, 0.25) is 0 Å². The summed E-state index contributed by atoms with van der Waals surface area (Å²) in [5.41, 5.74) is 1.59. The molecular weight excluding hydrogens is 248 g/mol. The summed E-state index contributed by atoms with van der Waals surface area (Å²) in [6, 6.07) is 0. The number of rotatable bonds is 5. The van der Waals surface area contributed by atoms with E-state index in [0.717, 1.165) is 12.2 Å². The summed E-state index contributed by atoms with van der Waals surface area (Å²) in [7, 11) is 0. The summed E-state index contributed by atoms with van der Waals surface area (Å²) in [6.45, 7) is 18.2. The van der Waals surface area contributed by atoms with Crippen LogP contribution in [0, 0.1) is 16.7 Å². The van der Waals surface area contributed by atoms with E-state index in [9.17, 15) is 0 Å². The molecule has 1 unspecified atom stereocenters. The summed E-state index contributed by atoms with van der Waals surface area (Å²) < 4.78 is 11.3. The van der Waals surface area contributed by atoms with Crippen LogP contribution in [0.25, 0.3) is 0 Å². The second-order valence-electron chi connectivity index (χ2n) is 7.47. The Bertz CT molecular complexity index is 389. The average Bonchev–Trinajstić information content (AvgIpc) is 2.32. The minimum Gasteiger partial charge on any atom is -0.498 e. The number of ether oxygens (including phenoxy) is 2. The topological polar surface area (TPSA) is 18.5 Å². The van der Waals surface area contributed by atoms with E-state index in [1.807, 2.05) is 0 Å². The maximum Gasteiger partial charge on any atom is 0.122 e. The number of hydrogen-bond donors (Lipinski definition) is 0. The fraction of sp³-hybridized carbons (Fsp3) is 0.667. The predicted molar refractivity (Wildman–Crippen MR) is 85.3 cm³/mol. The minimum atomic E-state index is 0.0923. The largest absolute Gasteiger partial charge is 0.498 e. The van der Waals surface area contributed by atoms with E-state index in [4.69, 9.17) is 9.47 Å². The summed E-state index contributed by atoms with van der Waals surface area (Å²) in [6.07, 6.45) is 7.01. The van der Waals surface area contributed by atoms with Gasteiger partial charge in [-0.25, -0.2) is 0 Å². The van der Waals surface area contributed by atoms with Crippen LogP contribution in [0.15, 0.2) is 36.3 Å². The molecule has 20 heavy (non-hydrogen) atoms. The predicted octanol–water partition coefficient (Wildman–Crippen LogP) is 5.09. The molecule has 0 fully saturated rings. The third kappa shape index (κ3) is 4.43. The van der Waals surface area contributed by atoms with Crippen molar-refractivity contribution in [2.24, 2.45) is 16.7 Å². The molecule has 2 heteroatoms. The summed E-state index contributed by atoms with van der Waals surface area (Å²) >= 11 is 0. The third-order valence-corrected chi connectivity index (χ3v) is 3.67. The molecule has 114 valence electrons. The summed E-state index contributed by atoms with van der Waals surface area (Å²) in [5, 5.41) is 0. The van der Waals surface area contributed by atoms with Crippen LogP contribution in [0.4, 0.5) is 0 Å². The number of allylic oxidation sites excluding steroid dienone is 4. The Balaban J connectivity index is 3.02. The van der Waals surface area contributed by atoms with Gasteiger partial charge in [-0.05, 0) is 22.8 Å². The highest BCUT2D eigenvalue weighted by Gasteiger charge is 2.35. The molecule has 2 nitrogen and oxygen atoms in total. The molecule has 1 rings (SSSR count). The second-order valence-corrected chi connectivity index (χ2v) is 7.47. The molecule has 0 saturated heterocycles. The van der Waals surface area contributed by atoms with Crippen LogP contribution in [0.5, 0.6) is 0 Å². The van der Waals surface area contributed by atoms with Crippen molar-refractivity contribution < 1.29 is 9.47 Å². The Hall–Kier alpha value is -1.18. The monoisotopic (exact) mass is 278 g/mol. The van der Waals surface area contributed by atoms with Crippen molar-refractivity contribution in [3.05, 3.63) is 36.3 Å². The van der Waals surface area contributed by atoms with E-state index in [-0.39, 0.29) is 10.8 Å². The fourth-order valence-electron chi connectivity index (χ4n) is 2.53. The Kier molecular flexibility index (Phi) is 5.50. The molecule has 0 N–H and O–H groups in total. The van der Waals surface area contributed by atoms with Crippen molar-refractivity contribution in [1.29, 1.82) is 0 Å². The van der Waals surface area contributed by atoms with Crippen LogP contribution in [0.2, 0.25) is 0 Å². The summed E-state index contributed by atoms with van der Waals surface area (Å²) in [4.78, 5) is 0. The highest BCUT2D eigenvalue weighted by Crippen LogP contribution is 2.43. The van der Waals surface area contributed by atoms with E-state index in [0.29, 0.717) is 19.1 Å². The lowest BCUT2D eigenvalue weighted by Crippen LogP contribution is -2.29. The first kappa shape index (κ1) is 16.9. The van der Waals surface area contributed by atoms with Gasteiger partial charge in [-0.15, -0.1) is 0 Å². The molecule has 1 atom stereocenters. The smallest absolute Gasteiger partial charge is 0.122 e. The lowest BCUT2D eigenvalue weighted by molar-refractivity contribution is 0.0847. The van der Waals surface area contributed by atoms with Crippen molar-refractivity contribution >= 4 is 0 Å². The quantitative estimate of drug-likeness (QED) is 0.515. The van der Waals surface area contributed by atoms with Crippen molar-refractivity contribution in [2.45, 2.75) is 48.0 Å². The van der Waals surface area contributed by atoms with Crippen molar-refractivity contribution in [1.82, 2.24) is 0 Å². The van der Waals surface area contributed by atoms with Gasteiger partial charge in [0, 0.05) is 5.92 Å². The molecule has 1 aliphatic carbocycles. The lowest BCUT2D eigenvalue weighted by Gasteiger charge is -2.38. The van der Waals surface area contributed by atoms with Crippen molar-refractivity contribution in [2.75, 3.05) is 13.2 Å². The van der Waals surface area contributed by atoms with Crippen LogP contribution < -0.4 is 0 Å². The van der Waals surface area contributed by atoms with E-state index >= 15 is 0 Å². The van der Waals surface area contributed by atoms with Crippen LogP contribution in [-0.2, 0) is 9.47 Å². The Morgan fingerprint density at radius 1 is 1.20 bits per heavy atom. The van der Waals surface area contributed by atoms with Gasteiger partial charge in [0.05, 0.1) is 6.26 Å². The first-order valence-electron chi connectivity index (χ1n) is 7.44. The first-order valence-corrected chi connectivity index (χ1v) is 7.44. The lowest BCUT2D eigenvalue weighted by atomic mass is 9.71. The fourth-order valence-corrected chi connectivity index (χ4v) is 2.53. The minimum absolute atomic E-state index is 0.0923.